The minimum atomic E-state index is 0.232. The standard InChI is InChI=1S/C11H18.C2H6/c1-6-9-10(7-2)11(4,5)8-3;1-2/h6-7,9H,1-2,8H2,3-5H3;1-2H3/b10-9+;. The molecule has 0 heteroatoms. The number of hydrogen-bond donors (Lipinski definition) is 0. The molecule has 0 heterocycles. The van der Waals surface area contributed by atoms with Gasteiger partial charge < -0.3 is 0 Å². The molecule has 0 saturated carbocycles. The third-order valence-corrected chi connectivity index (χ3v) is 2.18. The molecule has 0 unspecified atom stereocenters. The molecular weight excluding hydrogens is 156 g/mol. The van der Waals surface area contributed by atoms with Gasteiger partial charge in [0.1, 0.15) is 0 Å². The monoisotopic (exact) mass is 180 g/mol. The van der Waals surface area contributed by atoms with E-state index in [9.17, 15) is 0 Å². The summed E-state index contributed by atoms with van der Waals surface area (Å²) in [6.07, 6.45) is 6.87. The van der Waals surface area contributed by atoms with Crippen molar-refractivity contribution in [3.63, 3.8) is 0 Å². The van der Waals surface area contributed by atoms with E-state index in [2.05, 4.69) is 33.9 Å². The van der Waals surface area contributed by atoms with Crippen LogP contribution in [0.4, 0.5) is 0 Å². The summed E-state index contributed by atoms with van der Waals surface area (Å²) in [5.74, 6) is 0. The molecule has 0 atom stereocenters. The predicted octanol–water partition coefficient (Wildman–Crippen LogP) is 4.75. The van der Waals surface area contributed by atoms with Gasteiger partial charge in [0.05, 0.1) is 0 Å². The lowest BCUT2D eigenvalue weighted by molar-refractivity contribution is 0.440. The lowest BCUT2D eigenvalue weighted by atomic mass is 9.81. The van der Waals surface area contributed by atoms with Crippen molar-refractivity contribution < 1.29 is 0 Å². The predicted molar refractivity (Wildman–Crippen MR) is 63.9 cm³/mol. The van der Waals surface area contributed by atoms with E-state index in [-0.39, 0.29) is 5.41 Å². The van der Waals surface area contributed by atoms with E-state index in [0.29, 0.717) is 0 Å². The van der Waals surface area contributed by atoms with Crippen molar-refractivity contribution in [1.29, 1.82) is 0 Å². The molecule has 0 fully saturated rings. The molecule has 0 saturated heterocycles. The maximum Gasteiger partial charge on any atom is -0.0106 e. The van der Waals surface area contributed by atoms with Crippen LogP contribution in [0.3, 0.4) is 0 Å². The molecule has 0 aliphatic rings. The molecular formula is C13H24. The maximum atomic E-state index is 3.78. The van der Waals surface area contributed by atoms with Crippen molar-refractivity contribution in [2.24, 2.45) is 5.41 Å². The van der Waals surface area contributed by atoms with Crippen molar-refractivity contribution in [2.75, 3.05) is 0 Å². The zero-order valence-electron chi connectivity index (χ0n) is 9.85. The quantitative estimate of drug-likeness (QED) is 0.548. The highest BCUT2D eigenvalue weighted by molar-refractivity contribution is 5.27. The van der Waals surface area contributed by atoms with Crippen LogP contribution in [0.1, 0.15) is 41.0 Å². The fourth-order valence-electron chi connectivity index (χ4n) is 0.901. The molecule has 0 radical (unpaired) electrons. The molecule has 0 amide bonds. The van der Waals surface area contributed by atoms with Gasteiger partial charge in [-0.1, -0.05) is 66.0 Å². The second kappa shape index (κ2) is 7.85. The van der Waals surface area contributed by atoms with Crippen LogP contribution in [-0.2, 0) is 0 Å². The zero-order valence-corrected chi connectivity index (χ0v) is 9.85. The van der Waals surface area contributed by atoms with Gasteiger partial charge in [-0.05, 0) is 17.4 Å². The molecule has 76 valence electrons. The molecule has 0 rings (SSSR count). The molecule has 0 aromatic rings. The van der Waals surface area contributed by atoms with Crippen molar-refractivity contribution >= 4 is 0 Å². The highest BCUT2D eigenvalue weighted by atomic mass is 14.2. The van der Waals surface area contributed by atoms with Gasteiger partial charge in [-0.25, -0.2) is 0 Å². The molecule has 0 nitrogen and oxygen atoms in total. The molecule has 0 aliphatic heterocycles. The van der Waals surface area contributed by atoms with Crippen molar-refractivity contribution in [1.82, 2.24) is 0 Å². The van der Waals surface area contributed by atoms with E-state index < -0.39 is 0 Å². The van der Waals surface area contributed by atoms with Gasteiger partial charge in [0.2, 0.25) is 0 Å². The fourth-order valence-corrected chi connectivity index (χ4v) is 0.901. The summed E-state index contributed by atoms with van der Waals surface area (Å²) in [6.45, 7) is 18.1. The Labute approximate surface area is 84.1 Å². The van der Waals surface area contributed by atoms with Gasteiger partial charge in [0, 0.05) is 0 Å². The summed E-state index contributed by atoms with van der Waals surface area (Å²) in [7, 11) is 0. The average Bonchev–Trinajstić information content (AvgIpc) is 2.17. The fraction of sp³-hybridized carbons (Fsp3) is 0.538. The van der Waals surface area contributed by atoms with Crippen LogP contribution in [-0.4, -0.2) is 0 Å². The highest BCUT2D eigenvalue weighted by Gasteiger charge is 2.17. The van der Waals surface area contributed by atoms with Crippen LogP contribution in [0.25, 0.3) is 0 Å². The van der Waals surface area contributed by atoms with Crippen LogP contribution in [0, 0.1) is 5.41 Å². The van der Waals surface area contributed by atoms with E-state index in [0.717, 1.165) is 6.42 Å². The van der Waals surface area contributed by atoms with Crippen molar-refractivity contribution in [3.05, 3.63) is 37.0 Å². The number of rotatable bonds is 4. The molecule has 0 aromatic carbocycles. The normalized spacial score (nSPS) is 11.3. The van der Waals surface area contributed by atoms with E-state index in [1.807, 2.05) is 32.1 Å². The highest BCUT2D eigenvalue weighted by Crippen LogP contribution is 2.30. The first-order valence-electron chi connectivity index (χ1n) is 5.04. The Hall–Kier alpha value is -0.780. The Bertz CT molecular complexity index is 170. The van der Waals surface area contributed by atoms with Gasteiger partial charge in [0.15, 0.2) is 0 Å². The lowest BCUT2D eigenvalue weighted by Crippen LogP contribution is -2.11. The summed E-state index contributed by atoms with van der Waals surface area (Å²) >= 11 is 0. The summed E-state index contributed by atoms with van der Waals surface area (Å²) < 4.78 is 0. The molecule has 0 aromatic heterocycles. The van der Waals surface area contributed by atoms with Crippen LogP contribution < -0.4 is 0 Å². The third kappa shape index (κ3) is 5.46. The summed E-state index contributed by atoms with van der Waals surface area (Å²) in [6, 6.07) is 0. The smallest absolute Gasteiger partial charge is 0.0106 e. The second-order valence-corrected chi connectivity index (χ2v) is 3.30. The van der Waals surface area contributed by atoms with Crippen LogP contribution in [0.5, 0.6) is 0 Å². The van der Waals surface area contributed by atoms with Crippen LogP contribution in [0.15, 0.2) is 37.0 Å². The molecule has 0 N–H and O–H groups in total. The molecule has 0 aliphatic carbocycles. The maximum absolute atomic E-state index is 3.78. The average molecular weight is 180 g/mol. The van der Waals surface area contributed by atoms with Crippen molar-refractivity contribution in [3.8, 4) is 0 Å². The largest absolute Gasteiger partial charge is 0.0991 e. The van der Waals surface area contributed by atoms with Gasteiger partial charge in [0.25, 0.3) is 0 Å². The topological polar surface area (TPSA) is 0 Å². The first-order valence-corrected chi connectivity index (χ1v) is 5.04. The molecule has 13 heavy (non-hydrogen) atoms. The Morgan fingerprint density at radius 1 is 1.23 bits per heavy atom. The van der Waals surface area contributed by atoms with Crippen LogP contribution >= 0.6 is 0 Å². The summed E-state index contributed by atoms with van der Waals surface area (Å²) in [4.78, 5) is 0. The first kappa shape index (κ1) is 14.7. The third-order valence-electron chi connectivity index (χ3n) is 2.18. The minimum absolute atomic E-state index is 0.232. The van der Waals surface area contributed by atoms with Gasteiger partial charge >= 0.3 is 0 Å². The number of hydrogen-bond acceptors (Lipinski definition) is 0. The van der Waals surface area contributed by atoms with Crippen LogP contribution in [0.2, 0.25) is 0 Å². The SMILES string of the molecule is C=C/C=C(\C=C)C(C)(C)CC.CC. The van der Waals surface area contributed by atoms with Gasteiger partial charge in [-0.15, -0.1) is 0 Å². The lowest BCUT2D eigenvalue weighted by Gasteiger charge is -2.23. The number of allylic oxidation sites excluding steroid dienone is 4. The first-order chi connectivity index (χ1) is 6.08. The van der Waals surface area contributed by atoms with E-state index in [1.54, 1.807) is 0 Å². The summed E-state index contributed by atoms with van der Waals surface area (Å²) in [5, 5.41) is 0. The Kier molecular flexibility index (Phi) is 8.89. The van der Waals surface area contributed by atoms with Gasteiger partial charge in [-0.3, -0.25) is 0 Å². The summed E-state index contributed by atoms with van der Waals surface area (Å²) in [5.41, 5.74) is 1.49. The van der Waals surface area contributed by atoms with Crippen molar-refractivity contribution in [2.45, 2.75) is 41.0 Å². The van der Waals surface area contributed by atoms with E-state index in [1.165, 1.54) is 5.57 Å². The molecule has 0 bridgehead atoms. The Morgan fingerprint density at radius 3 is 1.92 bits per heavy atom. The van der Waals surface area contributed by atoms with Gasteiger partial charge in [-0.2, -0.15) is 0 Å². The van der Waals surface area contributed by atoms with E-state index in [4.69, 9.17) is 0 Å². The Morgan fingerprint density at radius 2 is 1.69 bits per heavy atom. The zero-order chi connectivity index (χ0) is 10.9. The minimum Gasteiger partial charge on any atom is -0.0991 e. The van der Waals surface area contributed by atoms with E-state index >= 15 is 0 Å². The Balaban J connectivity index is 0. The second-order valence-electron chi connectivity index (χ2n) is 3.30. The molecule has 0 spiro atoms.